The Kier molecular flexibility index (Phi) is 8.16. The van der Waals surface area contributed by atoms with Gasteiger partial charge in [0.2, 0.25) is 15.9 Å². The third-order valence-electron chi connectivity index (χ3n) is 4.17. The lowest BCUT2D eigenvalue weighted by Crippen LogP contribution is -2.55. The van der Waals surface area contributed by atoms with Gasteiger partial charge in [0.15, 0.2) is 0 Å². The van der Waals surface area contributed by atoms with E-state index >= 15 is 0 Å². The van der Waals surface area contributed by atoms with E-state index in [0.29, 0.717) is 12.1 Å². The number of carbonyl (C=O) groups excluding carboxylic acids is 2. The first-order valence-corrected chi connectivity index (χ1v) is 10.6. The minimum absolute atomic E-state index is 0.00495. The Hall–Kier alpha value is -1.97. The van der Waals surface area contributed by atoms with Gasteiger partial charge in [0.05, 0.1) is 4.90 Å². The van der Waals surface area contributed by atoms with Crippen molar-refractivity contribution in [1.29, 1.82) is 0 Å². The molecule has 28 heavy (non-hydrogen) atoms. The Morgan fingerprint density at radius 2 is 1.68 bits per heavy atom. The maximum absolute atomic E-state index is 13.4. The van der Waals surface area contributed by atoms with Crippen LogP contribution in [-0.2, 0) is 19.6 Å². The summed E-state index contributed by atoms with van der Waals surface area (Å²) in [6.07, 6.45) is 0.550. The Morgan fingerprint density at radius 3 is 2.07 bits per heavy atom. The number of amides is 2. The topological polar surface area (TPSA) is 116 Å². The number of anilines is 1. The van der Waals surface area contributed by atoms with Crippen LogP contribution in [0.3, 0.4) is 0 Å². The molecule has 0 saturated heterocycles. The zero-order valence-corrected chi connectivity index (χ0v) is 18.1. The average molecular weight is 414 g/mol. The van der Waals surface area contributed by atoms with Crippen molar-refractivity contribution in [2.24, 2.45) is 11.3 Å². The first-order chi connectivity index (χ1) is 12.8. The highest BCUT2D eigenvalue weighted by Crippen LogP contribution is 2.30. The molecule has 0 spiro atoms. The molecule has 0 heterocycles. The van der Waals surface area contributed by atoms with Gasteiger partial charge in [-0.15, -0.1) is 0 Å². The molecule has 0 aliphatic heterocycles. The number of benzene rings is 1. The number of rotatable bonds is 8. The summed E-state index contributed by atoms with van der Waals surface area (Å²) in [4.78, 5) is 23.5. The quantitative estimate of drug-likeness (QED) is 0.447. The van der Waals surface area contributed by atoms with Crippen LogP contribution in [0.15, 0.2) is 29.2 Å². The standard InChI is InChI=1S/C19H31N3O5S/c1-13(2)11-12-22(17(18(24)21-25)19(4,5)6)28(26,27)16-9-7-15(8-10-16)20-14(3)23/h7-10,13,17,25H,11-12H2,1-6H3,(H,20,23)(H,21,24)/t17-/m0/s1. The lowest BCUT2D eigenvalue weighted by Gasteiger charge is -2.37. The van der Waals surface area contributed by atoms with Gasteiger partial charge in [-0.3, -0.25) is 14.8 Å². The van der Waals surface area contributed by atoms with E-state index in [1.165, 1.54) is 31.2 Å². The van der Waals surface area contributed by atoms with Crippen LogP contribution < -0.4 is 10.8 Å². The number of sulfonamides is 1. The van der Waals surface area contributed by atoms with E-state index in [9.17, 15) is 23.2 Å². The molecule has 0 aromatic heterocycles. The third kappa shape index (κ3) is 6.29. The minimum Gasteiger partial charge on any atom is -0.326 e. The van der Waals surface area contributed by atoms with Gasteiger partial charge in [-0.05, 0) is 42.0 Å². The van der Waals surface area contributed by atoms with Crippen molar-refractivity contribution >= 4 is 27.5 Å². The molecular formula is C19H31N3O5S. The summed E-state index contributed by atoms with van der Waals surface area (Å²) in [6, 6.07) is 4.66. The molecule has 3 N–H and O–H groups in total. The van der Waals surface area contributed by atoms with E-state index in [1.54, 1.807) is 26.3 Å². The summed E-state index contributed by atoms with van der Waals surface area (Å²) in [5, 5.41) is 11.8. The molecule has 8 nitrogen and oxygen atoms in total. The van der Waals surface area contributed by atoms with Gasteiger partial charge in [-0.1, -0.05) is 34.6 Å². The van der Waals surface area contributed by atoms with Crippen molar-refractivity contribution < 1.29 is 23.2 Å². The Labute approximate surface area is 167 Å². The predicted molar refractivity (Wildman–Crippen MR) is 107 cm³/mol. The van der Waals surface area contributed by atoms with Crippen LogP contribution in [0.25, 0.3) is 0 Å². The number of nitrogens with zero attached hydrogens (tertiary/aromatic N) is 1. The molecule has 0 bridgehead atoms. The van der Waals surface area contributed by atoms with Crippen LogP contribution in [0.1, 0.15) is 48.0 Å². The first kappa shape index (κ1) is 24.1. The summed E-state index contributed by atoms with van der Waals surface area (Å²) in [7, 11) is -4.03. The molecule has 2 amide bonds. The number of nitrogens with one attached hydrogen (secondary N) is 2. The first-order valence-electron chi connectivity index (χ1n) is 9.14. The molecule has 1 atom stereocenters. The summed E-state index contributed by atoms with van der Waals surface area (Å²) in [5.41, 5.74) is 1.32. The summed E-state index contributed by atoms with van der Waals surface area (Å²) in [5.74, 6) is -0.825. The molecule has 0 radical (unpaired) electrons. The van der Waals surface area contributed by atoms with E-state index in [1.807, 2.05) is 13.8 Å². The van der Waals surface area contributed by atoms with Crippen molar-refractivity contribution in [3.63, 3.8) is 0 Å². The molecule has 158 valence electrons. The normalized spacial score (nSPS) is 13.5. The van der Waals surface area contributed by atoms with E-state index < -0.39 is 27.4 Å². The van der Waals surface area contributed by atoms with Gasteiger partial charge in [0, 0.05) is 19.2 Å². The Morgan fingerprint density at radius 1 is 1.14 bits per heavy atom. The second-order valence-electron chi connectivity index (χ2n) is 8.25. The van der Waals surface area contributed by atoms with Crippen molar-refractivity contribution in [2.45, 2.75) is 58.9 Å². The molecule has 9 heteroatoms. The zero-order valence-electron chi connectivity index (χ0n) is 17.3. The number of hydrogen-bond acceptors (Lipinski definition) is 5. The van der Waals surface area contributed by atoms with Crippen LogP contribution in [0.2, 0.25) is 0 Å². The van der Waals surface area contributed by atoms with Gasteiger partial charge in [-0.2, -0.15) is 4.31 Å². The largest absolute Gasteiger partial charge is 0.326 e. The fourth-order valence-corrected chi connectivity index (χ4v) is 4.63. The van der Waals surface area contributed by atoms with Crippen LogP contribution in [0.4, 0.5) is 5.69 Å². The van der Waals surface area contributed by atoms with E-state index in [0.717, 1.165) is 4.31 Å². The maximum atomic E-state index is 13.4. The fraction of sp³-hybridized carbons (Fsp3) is 0.579. The maximum Gasteiger partial charge on any atom is 0.262 e. The third-order valence-corrected chi connectivity index (χ3v) is 6.05. The van der Waals surface area contributed by atoms with E-state index in [-0.39, 0.29) is 23.3 Å². The van der Waals surface area contributed by atoms with Crippen molar-refractivity contribution in [3.05, 3.63) is 24.3 Å². The molecular weight excluding hydrogens is 382 g/mol. The lowest BCUT2D eigenvalue weighted by atomic mass is 9.86. The summed E-state index contributed by atoms with van der Waals surface area (Å²) >= 11 is 0. The van der Waals surface area contributed by atoms with E-state index in [2.05, 4.69) is 5.32 Å². The monoisotopic (exact) mass is 413 g/mol. The van der Waals surface area contributed by atoms with Crippen molar-refractivity contribution in [1.82, 2.24) is 9.79 Å². The number of hydrogen-bond donors (Lipinski definition) is 3. The van der Waals surface area contributed by atoms with Gasteiger partial charge in [-0.25, -0.2) is 13.9 Å². The Bertz CT molecular complexity index is 783. The van der Waals surface area contributed by atoms with Crippen molar-refractivity contribution in [3.8, 4) is 0 Å². The zero-order chi connectivity index (χ0) is 21.7. The lowest BCUT2D eigenvalue weighted by molar-refractivity contribution is -0.136. The highest BCUT2D eigenvalue weighted by atomic mass is 32.2. The second-order valence-corrected chi connectivity index (χ2v) is 10.1. The molecule has 1 rings (SSSR count). The predicted octanol–water partition coefficient (Wildman–Crippen LogP) is 2.60. The minimum atomic E-state index is -4.03. The molecule has 1 aromatic rings. The average Bonchev–Trinajstić information content (AvgIpc) is 2.56. The smallest absolute Gasteiger partial charge is 0.262 e. The van der Waals surface area contributed by atoms with Gasteiger partial charge < -0.3 is 5.32 Å². The van der Waals surface area contributed by atoms with Crippen LogP contribution >= 0.6 is 0 Å². The molecule has 0 fully saturated rings. The van der Waals surface area contributed by atoms with Crippen molar-refractivity contribution in [2.75, 3.05) is 11.9 Å². The fourth-order valence-electron chi connectivity index (χ4n) is 2.84. The van der Waals surface area contributed by atoms with Gasteiger partial charge in [0.1, 0.15) is 6.04 Å². The molecule has 0 aliphatic rings. The van der Waals surface area contributed by atoms with E-state index in [4.69, 9.17) is 0 Å². The number of hydroxylamine groups is 1. The summed E-state index contributed by atoms with van der Waals surface area (Å²) < 4.78 is 27.9. The number of carbonyl (C=O) groups is 2. The van der Waals surface area contributed by atoms with Crippen LogP contribution in [0.5, 0.6) is 0 Å². The van der Waals surface area contributed by atoms with Crippen LogP contribution in [-0.4, -0.2) is 42.3 Å². The van der Waals surface area contributed by atoms with Gasteiger partial charge in [0.25, 0.3) is 5.91 Å². The molecule has 0 aliphatic carbocycles. The SMILES string of the molecule is CC(=O)Nc1ccc(S(=O)(=O)N(CCC(C)C)[C@@H](C(=O)NO)C(C)(C)C)cc1. The highest BCUT2D eigenvalue weighted by Gasteiger charge is 2.42. The Balaban J connectivity index is 3.41. The van der Waals surface area contributed by atoms with Crippen LogP contribution in [0, 0.1) is 11.3 Å². The summed E-state index contributed by atoms with van der Waals surface area (Å²) in [6.45, 7) is 10.6. The van der Waals surface area contributed by atoms with Gasteiger partial charge >= 0.3 is 0 Å². The molecule has 1 aromatic carbocycles. The highest BCUT2D eigenvalue weighted by molar-refractivity contribution is 7.89. The second kappa shape index (κ2) is 9.49. The molecule has 0 unspecified atom stereocenters. The molecule has 0 saturated carbocycles.